The number of nitrogens with zero attached hydrogens (tertiary/aromatic N) is 3. The molecule has 6 heteroatoms. The number of aromatic nitrogens is 2. The van der Waals surface area contributed by atoms with E-state index < -0.39 is 0 Å². The Bertz CT molecular complexity index is 962. The van der Waals surface area contributed by atoms with Crippen molar-refractivity contribution in [2.45, 2.75) is 19.5 Å². The molecule has 0 unspecified atom stereocenters. The van der Waals surface area contributed by atoms with Gasteiger partial charge in [-0.1, -0.05) is 23.7 Å². The van der Waals surface area contributed by atoms with Crippen LogP contribution in [-0.4, -0.2) is 28.5 Å². The van der Waals surface area contributed by atoms with Crippen molar-refractivity contribution in [2.24, 2.45) is 0 Å². The summed E-state index contributed by atoms with van der Waals surface area (Å²) in [5.74, 6) is 0.693. The summed E-state index contributed by atoms with van der Waals surface area (Å²) in [6.07, 6.45) is 2.68. The van der Waals surface area contributed by atoms with Crippen LogP contribution in [0, 0.1) is 5.82 Å². The molecular weight excluding hydrogens is 365 g/mol. The quantitative estimate of drug-likeness (QED) is 0.664. The molecule has 2 aromatic carbocycles. The Balaban J connectivity index is 1.51. The van der Waals surface area contributed by atoms with Gasteiger partial charge in [-0.05, 0) is 30.3 Å². The average Bonchev–Trinajstić information content (AvgIpc) is 2.70. The first-order valence-corrected chi connectivity index (χ1v) is 9.16. The van der Waals surface area contributed by atoms with Gasteiger partial charge in [-0.15, -0.1) is 0 Å². The molecule has 0 aliphatic carbocycles. The molecule has 0 atom stereocenters. The summed E-state index contributed by atoms with van der Waals surface area (Å²) in [6.45, 7) is 2.05. The maximum atomic E-state index is 14.4. The van der Waals surface area contributed by atoms with Crippen LogP contribution in [0.3, 0.4) is 0 Å². The highest BCUT2D eigenvalue weighted by Gasteiger charge is 2.20. The average molecular weight is 384 g/mol. The third-order valence-electron chi connectivity index (χ3n) is 4.77. The normalized spacial score (nSPS) is 14.0. The lowest BCUT2D eigenvalue weighted by Crippen LogP contribution is -2.31. The van der Waals surface area contributed by atoms with Crippen molar-refractivity contribution in [3.63, 3.8) is 0 Å². The minimum absolute atomic E-state index is 0.279. The lowest BCUT2D eigenvalue weighted by atomic mass is 10.1. The fourth-order valence-electron chi connectivity index (χ4n) is 3.32. The van der Waals surface area contributed by atoms with E-state index in [2.05, 4.69) is 9.88 Å². The van der Waals surface area contributed by atoms with Crippen molar-refractivity contribution < 1.29 is 9.13 Å². The van der Waals surface area contributed by atoms with Gasteiger partial charge in [-0.25, -0.2) is 14.4 Å². The zero-order valence-corrected chi connectivity index (χ0v) is 15.7. The first-order valence-electron chi connectivity index (χ1n) is 8.78. The second-order valence-electron chi connectivity index (χ2n) is 6.57. The van der Waals surface area contributed by atoms with Crippen molar-refractivity contribution in [3.05, 3.63) is 76.3 Å². The summed E-state index contributed by atoms with van der Waals surface area (Å²) in [4.78, 5) is 11.4. The third-order valence-corrected chi connectivity index (χ3v) is 5.02. The third kappa shape index (κ3) is 3.80. The second-order valence-corrected chi connectivity index (χ2v) is 7.00. The number of fused-ring (bicyclic) bond motifs is 1. The minimum Gasteiger partial charge on any atom is -0.494 e. The number of hydrogen-bond acceptors (Lipinski definition) is 4. The van der Waals surface area contributed by atoms with E-state index in [1.165, 1.54) is 7.11 Å². The van der Waals surface area contributed by atoms with Crippen LogP contribution >= 0.6 is 11.6 Å². The maximum Gasteiger partial charge on any atom is 0.169 e. The molecule has 1 aliphatic rings. The molecule has 27 heavy (non-hydrogen) atoms. The SMILES string of the molecule is COc1cccc(CN2CCc3nc(-c4ccc(Cl)cc4)ncc3C2)c1F. The number of rotatable bonds is 4. The van der Waals surface area contributed by atoms with Gasteiger partial charge in [0.15, 0.2) is 17.4 Å². The fourth-order valence-corrected chi connectivity index (χ4v) is 3.45. The summed E-state index contributed by atoms with van der Waals surface area (Å²) >= 11 is 5.95. The van der Waals surface area contributed by atoms with Crippen molar-refractivity contribution >= 4 is 11.6 Å². The Morgan fingerprint density at radius 2 is 2.00 bits per heavy atom. The molecule has 0 bridgehead atoms. The highest BCUT2D eigenvalue weighted by molar-refractivity contribution is 6.30. The topological polar surface area (TPSA) is 38.2 Å². The number of hydrogen-bond donors (Lipinski definition) is 0. The van der Waals surface area contributed by atoms with Gasteiger partial charge in [0.05, 0.1) is 12.8 Å². The summed E-state index contributed by atoms with van der Waals surface area (Å²) in [6, 6.07) is 12.8. The predicted molar refractivity (Wildman–Crippen MR) is 103 cm³/mol. The Morgan fingerprint density at radius 1 is 1.19 bits per heavy atom. The standard InChI is InChI=1S/C21H19ClFN3O/c1-27-19-4-2-3-15(20(19)23)12-26-10-9-18-16(13-26)11-24-21(25-18)14-5-7-17(22)8-6-14/h2-8,11H,9-10,12-13H2,1H3. The first-order chi connectivity index (χ1) is 13.1. The fraction of sp³-hybridized carbons (Fsp3) is 0.238. The molecule has 0 spiro atoms. The van der Waals surface area contributed by atoms with Crippen molar-refractivity contribution in [3.8, 4) is 17.1 Å². The Hall–Kier alpha value is -2.50. The molecule has 0 radical (unpaired) electrons. The van der Waals surface area contributed by atoms with E-state index >= 15 is 0 Å². The van der Waals surface area contributed by atoms with Gasteiger partial charge in [0.25, 0.3) is 0 Å². The van der Waals surface area contributed by atoms with Gasteiger partial charge < -0.3 is 4.74 Å². The van der Waals surface area contributed by atoms with Gasteiger partial charge in [0.1, 0.15) is 0 Å². The highest BCUT2D eigenvalue weighted by atomic mass is 35.5. The van der Waals surface area contributed by atoms with E-state index in [9.17, 15) is 4.39 Å². The van der Waals surface area contributed by atoms with Crippen LogP contribution in [0.2, 0.25) is 5.02 Å². The molecular formula is C21H19ClFN3O. The van der Waals surface area contributed by atoms with Crippen LogP contribution in [0.4, 0.5) is 4.39 Å². The minimum atomic E-state index is -0.292. The predicted octanol–water partition coefficient (Wildman–Crippen LogP) is 4.50. The van der Waals surface area contributed by atoms with Crippen LogP contribution in [0.25, 0.3) is 11.4 Å². The molecule has 0 saturated carbocycles. The number of halogens is 2. The molecule has 1 aliphatic heterocycles. The Kier molecular flexibility index (Phi) is 5.05. The van der Waals surface area contributed by atoms with E-state index in [1.54, 1.807) is 12.1 Å². The maximum absolute atomic E-state index is 14.4. The largest absolute Gasteiger partial charge is 0.494 e. The Morgan fingerprint density at radius 3 is 2.78 bits per heavy atom. The molecule has 0 saturated heterocycles. The highest BCUT2D eigenvalue weighted by Crippen LogP contribution is 2.25. The summed E-state index contributed by atoms with van der Waals surface area (Å²) < 4.78 is 19.5. The van der Waals surface area contributed by atoms with Gasteiger partial charge in [-0.3, -0.25) is 4.90 Å². The van der Waals surface area contributed by atoms with Gasteiger partial charge in [0.2, 0.25) is 0 Å². The molecule has 3 aromatic rings. The van der Waals surface area contributed by atoms with Crippen LogP contribution < -0.4 is 4.74 Å². The van der Waals surface area contributed by atoms with E-state index in [4.69, 9.17) is 21.3 Å². The summed E-state index contributed by atoms with van der Waals surface area (Å²) in [5.41, 5.74) is 3.72. The van der Waals surface area contributed by atoms with Gasteiger partial charge in [-0.2, -0.15) is 0 Å². The van der Waals surface area contributed by atoms with E-state index in [1.807, 2.05) is 36.5 Å². The monoisotopic (exact) mass is 383 g/mol. The Labute approximate surface area is 162 Å². The van der Waals surface area contributed by atoms with Crippen molar-refractivity contribution in [1.29, 1.82) is 0 Å². The summed E-state index contributed by atoms with van der Waals surface area (Å²) in [7, 11) is 1.48. The molecule has 0 fully saturated rings. The zero-order chi connectivity index (χ0) is 18.8. The van der Waals surface area contributed by atoms with Crippen molar-refractivity contribution in [2.75, 3.05) is 13.7 Å². The summed E-state index contributed by atoms with van der Waals surface area (Å²) in [5, 5.41) is 0.692. The molecule has 1 aromatic heterocycles. The molecule has 2 heterocycles. The van der Waals surface area contributed by atoms with Crippen LogP contribution in [0.5, 0.6) is 5.75 Å². The molecule has 138 valence electrons. The van der Waals surface area contributed by atoms with Crippen LogP contribution in [0.1, 0.15) is 16.8 Å². The number of ether oxygens (including phenoxy) is 1. The van der Waals surface area contributed by atoms with Gasteiger partial charge in [0, 0.05) is 54.0 Å². The van der Waals surface area contributed by atoms with E-state index in [0.717, 1.165) is 29.8 Å². The van der Waals surface area contributed by atoms with Crippen molar-refractivity contribution in [1.82, 2.24) is 14.9 Å². The molecule has 0 amide bonds. The van der Waals surface area contributed by atoms with E-state index in [-0.39, 0.29) is 11.6 Å². The lowest BCUT2D eigenvalue weighted by molar-refractivity contribution is 0.238. The zero-order valence-electron chi connectivity index (χ0n) is 15.0. The van der Waals surface area contributed by atoms with Gasteiger partial charge >= 0.3 is 0 Å². The number of methoxy groups -OCH3 is 1. The smallest absolute Gasteiger partial charge is 0.169 e. The first kappa shape index (κ1) is 17.9. The molecule has 0 N–H and O–H groups in total. The lowest BCUT2D eigenvalue weighted by Gasteiger charge is -2.28. The second kappa shape index (κ2) is 7.62. The van der Waals surface area contributed by atoms with E-state index in [0.29, 0.717) is 29.5 Å². The molecule has 4 nitrogen and oxygen atoms in total. The van der Waals surface area contributed by atoms with Crippen LogP contribution in [0.15, 0.2) is 48.7 Å². The van der Waals surface area contributed by atoms with Crippen LogP contribution in [-0.2, 0) is 19.5 Å². The number of benzene rings is 2. The molecule has 4 rings (SSSR count).